The van der Waals surface area contributed by atoms with E-state index in [1.54, 1.807) is 12.1 Å². The molecule has 7 nitrogen and oxygen atoms in total. The van der Waals surface area contributed by atoms with E-state index in [4.69, 9.17) is 0 Å². The Labute approximate surface area is 144 Å². The highest BCUT2D eigenvalue weighted by Crippen LogP contribution is 2.11. The number of aromatic nitrogens is 3. The van der Waals surface area contributed by atoms with Gasteiger partial charge in [0.05, 0.1) is 18.7 Å². The van der Waals surface area contributed by atoms with E-state index in [2.05, 4.69) is 15.6 Å². The standard InChI is InChI=1S/C17H21FN4O3/c1-11(2)6-13(17(24)25)8-19-16(23)15-10-22(21-20-15)9-12-4-3-5-14(18)7-12/h3-5,7,10-11,13H,6,8-9H2,1-2H3,(H,19,23)(H,24,25). The van der Waals surface area contributed by atoms with Crippen molar-refractivity contribution in [1.29, 1.82) is 0 Å². The number of hydrogen-bond acceptors (Lipinski definition) is 4. The van der Waals surface area contributed by atoms with Gasteiger partial charge in [0.2, 0.25) is 0 Å². The maximum Gasteiger partial charge on any atom is 0.308 e. The Kier molecular flexibility index (Phi) is 6.21. The third kappa shape index (κ3) is 5.66. The van der Waals surface area contributed by atoms with Gasteiger partial charge < -0.3 is 10.4 Å². The maximum atomic E-state index is 13.2. The molecule has 0 saturated heterocycles. The van der Waals surface area contributed by atoms with Crippen molar-refractivity contribution >= 4 is 11.9 Å². The number of carboxylic acid groups (broad SMARTS) is 1. The van der Waals surface area contributed by atoms with Gasteiger partial charge in [0.1, 0.15) is 5.82 Å². The summed E-state index contributed by atoms with van der Waals surface area (Å²) in [5.74, 6) is -2.21. The van der Waals surface area contributed by atoms with Gasteiger partial charge >= 0.3 is 5.97 Å². The van der Waals surface area contributed by atoms with Gasteiger partial charge in [0.15, 0.2) is 5.69 Å². The van der Waals surface area contributed by atoms with Gasteiger partial charge in [-0.3, -0.25) is 9.59 Å². The number of halogens is 1. The van der Waals surface area contributed by atoms with Crippen molar-refractivity contribution in [2.24, 2.45) is 11.8 Å². The van der Waals surface area contributed by atoms with Gasteiger partial charge in [0.25, 0.3) is 5.91 Å². The Morgan fingerprint density at radius 1 is 1.36 bits per heavy atom. The Morgan fingerprint density at radius 3 is 2.76 bits per heavy atom. The minimum Gasteiger partial charge on any atom is -0.481 e. The zero-order chi connectivity index (χ0) is 18.4. The van der Waals surface area contributed by atoms with E-state index in [0.717, 1.165) is 0 Å². The quantitative estimate of drug-likeness (QED) is 0.760. The first kappa shape index (κ1) is 18.6. The third-order valence-electron chi connectivity index (χ3n) is 3.62. The number of carbonyl (C=O) groups is 2. The Hall–Kier alpha value is -2.77. The number of hydrogen-bond donors (Lipinski definition) is 2. The summed E-state index contributed by atoms with van der Waals surface area (Å²) in [6, 6.07) is 6.06. The van der Waals surface area contributed by atoms with Crippen LogP contribution in [-0.4, -0.2) is 38.5 Å². The average Bonchev–Trinajstić information content (AvgIpc) is 2.99. The predicted molar refractivity (Wildman–Crippen MR) is 88.4 cm³/mol. The summed E-state index contributed by atoms with van der Waals surface area (Å²) < 4.78 is 14.6. The minimum atomic E-state index is -0.941. The number of benzene rings is 1. The molecule has 0 bridgehead atoms. The van der Waals surface area contributed by atoms with Crippen LogP contribution >= 0.6 is 0 Å². The molecular formula is C17H21FN4O3. The summed E-state index contributed by atoms with van der Waals surface area (Å²) in [6.45, 7) is 4.16. The number of amides is 1. The van der Waals surface area contributed by atoms with Crippen molar-refractivity contribution in [2.45, 2.75) is 26.8 Å². The summed E-state index contributed by atoms with van der Waals surface area (Å²) in [5.41, 5.74) is 0.782. The van der Waals surface area contributed by atoms with E-state index < -0.39 is 17.8 Å². The van der Waals surface area contributed by atoms with Crippen LogP contribution in [-0.2, 0) is 11.3 Å². The van der Waals surface area contributed by atoms with E-state index in [1.165, 1.54) is 23.0 Å². The van der Waals surface area contributed by atoms with Gasteiger partial charge in [0, 0.05) is 6.54 Å². The van der Waals surface area contributed by atoms with Crippen LogP contribution in [0, 0.1) is 17.7 Å². The molecule has 1 heterocycles. The van der Waals surface area contributed by atoms with Crippen molar-refractivity contribution in [3.8, 4) is 0 Å². The molecule has 0 spiro atoms. The topological polar surface area (TPSA) is 97.1 Å². The maximum absolute atomic E-state index is 13.2. The third-order valence-corrected chi connectivity index (χ3v) is 3.62. The largest absolute Gasteiger partial charge is 0.481 e. The lowest BCUT2D eigenvalue weighted by Gasteiger charge is -2.14. The minimum absolute atomic E-state index is 0.0309. The number of aliphatic carboxylic acids is 1. The van der Waals surface area contributed by atoms with Crippen LogP contribution in [0.15, 0.2) is 30.5 Å². The summed E-state index contributed by atoms with van der Waals surface area (Å²) in [7, 11) is 0. The Bertz CT molecular complexity index is 745. The monoisotopic (exact) mass is 348 g/mol. The number of rotatable bonds is 8. The van der Waals surface area contributed by atoms with E-state index in [-0.39, 0.29) is 30.5 Å². The molecule has 1 atom stereocenters. The van der Waals surface area contributed by atoms with Crippen molar-refractivity contribution in [2.75, 3.05) is 6.54 Å². The molecule has 25 heavy (non-hydrogen) atoms. The normalized spacial score (nSPS) is 12.2. The van der Waals surface area contributed by atoms with Gasteiger partial charge in [-0.1, -0.05) is 31.2 Å². The van der Waals surface area contributed by atoms with Crippen LogP contribution < -0.4 is 5.32 Å². The van der Waals surface area contributed by atoms with Crippen LogP contribution in [0.25, 0.3) is 0 Å². The van der Waals surface area contributed by atoms with Gasteiger partial charge in [-0.2, -0.15) is 0 Å². The first-order valence-electron chi connectivity index (χ1n) is 8.00. The van der Waals surface area contributed by atoms with Crippen molar-refractivity contribution in [3.63, 3.8) is 0 Å². The van der Waals surface area contributed by atoms with Crippen molar-refractivity contribution in [1.82, 2.24) is 20.3 Å². The van der Waals surface area contributed by atoms with E-state index >= 15 is 0 Å². The van der Waals surface area contributed by atoms with Crippen LogP contribution in [0.2, 0.25) is 0 Å². The Balaban J connectivity index is 1.94. The fraction of sp³-hybridized carbons (Fsp3) is 0.412. The molecule has 0 aliphatic heterocycles. The number of carbonyl (C=O) groups excluding carboxylic acids is 1. The second-order valence-corrected chi connectivity index (χ2v) is 6.31. The van der Waals surface area contributed by atoms with Crippen molar-refractivity contribution < 1.29 is 19.1 Å². The van der Waals surface area contributed by atoms with E-state index in [1.807, 2.05) is 13.8 Å². The summed E-state index contributed by atoms with van der Waals surface area (Å²) in [6.07, 6.45) is 1.92. The molecular weight excluding hydrogens is 327 g/mol. The zero-order valence-electron chi connectivity index (χ0n) is 14.1. The van der Waals surface area contributed by atoms with Gasteiger partial charge in [-0.25, -0.2) is 9.07 Å². The fourth-order valence-corrected chi connectivity index (χ4v) is 2.45. The zero-order valence-corrected chi connectivity index (χ0v) is 14.1. The highest BCUT2D eigenvalue weighted by molar-refractivity contribution is 5.92. The summed E-state index contributed by atoms with van der Waals surface area (Å²) in [4.78, 5) is 23.3. The molecule has 1 aromatic carbocycles. The molecule has 0 saturated carbocycles. The smallest absolute Gasteiger partial charge is 0.308 e. The predicted octanol–water partition coefficient (Wildman–Crippen LogP) is 1.94. The molecule has 0 aliphatic carbocycles. The highest BCUT2D eigenvalue weighted by atomic mass is 19.1. The number of carboxylic acids is 1. The second kappa shape index (κ2) is 8.36. The van der Waals surface area contributed by atoms with Crippen LogP contribution in [0.3, 0.4) is 0 Å². The molecule has 1 amide bonds. The molecule has 1 aromatic heterocycles. The van der Waals surface area contributed by atoms with Crippen LogP contribution in [0.1, 0.15) is 36.3 Å². The van der Waals surface area contributed by atoms with Gasteiger partial charge in [-0.05, 0) is 30.0 Å². The molecule has 134 valence electrons. The second-order valence-electron chi connectivity index (χ2n) is 6.31. The molecule has 0 fully saturated rings. The highest BCUT2D eigenvalue weighted by Gasteiger charge is 2.21. The van der Waals surface area contributed by atoms with Crippen LogP contribution in [0.5, 0.6) is 0 Å². The molecule has 1 unspecified atom stereocenters. The number of nitrogens with one attached hydrogen (secondary N) is 1. The lowest BCUT2D eigenvalue weighted by atomic mass is 9.97. The Morgan fingerprint density at radius 2 is 2.12 bits per heavy atom. The molecule has 0 radical (unpaired) electrons. The lowest BCUT2D eigenvalue weighted by molar-refractivity contribution is -0.142. The van der Waals surface area contributed by atoms with E-state index in [0.29, 0.717) is 12.0 Å². The SMILES string of the molecule is CC(C)CC(CNC(=O)c1cn(Cc2cccc(F)c2)nn1)C(=O)O. The van der Waals surface area contributed by atoms with E-state index in [9.17, 15) is 19.1 Å². The summed E-state index contributed by atoms with van der Waals surface area (Å²) >= 11 is 0. The molecule has 8 heteroatoms. The molecule has 0 aliphatic rings. The molecule has 2 N–H and O–H groups in total. The van der Waals surface area contributed by atoms with Crippen LogP contribution in [0.4, 0.5) is 4.39 Å². The summed E-state index contributed by atoms with van der Waals surface area (Å²) in [5, 5.41) is 19.4. The lowest BCUT2D eigenvalue weighted by Crippen LogP contribution is -2.33. The fourth-order valence-electron chi connectivity index (χ4n) is 2.45. The first-order chi connectivity index (χ1) is 11.8. The average molecular weight is 348 g/mol. The molecule has 2 rings (SSSR count). The molecule has 2 aromatic rings. The van der Waals surface area contributed by atoms with Crippen molar-refractivity contribution in [3.05, 3.63) is 47.5 Å². The number of nitrogens with zero attached hydrogens (tertiary/aromatic N) is 3. The first-order valence-corrected chi connectivity index (χ1v) is 8.00. The van der Waals surface area contributed by atoms with Gasteiger partial charge in [-0.15, -0.1) is 5.10 Å².